The first-order valence-electron chi connectivity index (χ1n) is 7.17. The van der Waals surface area contributed by atoms with Crippen LogP contribution in [0.1, 0.15) is 52.9 Å². The van der Waals surface area contributed by atoms with Gasteiger partial charge < -0.3 is 10.6 Å². The van der Waals surface area contributed by atoms with Crippen LogP contribution in [0.5, 0.6) is 0 Å². The van der Waals surface area contributed by atoms with Crippen LogP contribution in [0, 0.1) is 11.8 Å². The molecule has 0 radical (unpaired) electrons. The molecule has 2 nitrogen and oxygen atoms in total. The van der Waals surface area contributed by atoms with Crippen LogP contribution in [0.3, 0.4) is 0 Å². The van der Waals surface area contributed by atoms with E-state index in [9.17, 15) is 0 Å². The molecule has 1 aliphatic carbocycles. The molecule has 0 bridgehead atoms. The van der Waals surface area contributed by atoms with Crippen LogP contribution in [0.15, 0.2) is 0 Å². The zero-order chi connectivity index (χ0) is 12.0. The number of nitrogens with zero attached hydrogens (tertiary/aromatic N) is 1. The van der Waals surface area contributed by atoms with Gasteiger partial charge in [0.15, 0.2) is 0 Å². The second-order valence-corrected chi connectivity index (χ2v) is 5.47. The van der Waals surface area contributed by atoms with Gasteiger partial charge in [-0.3, -0.25) is 0 Å². The first-order chi connectivity index (χ1) is 7.69. The highest BCUT2D eigenvalue weighted by molar-refractivity contribution is 4.80. The Morgan fingerprint density at radius 1 is 1.19 bits per heavy atom. The van der Waals surface area contributed by atoms with Crippen LogP contribution in [-0.4, -0.2) is 30.6 Å². The number of rotatable bonds is 7. The molecule has 0 aliphatic heterocycles. The Kier molecular flexibility index (Phi) is 6.37. The topological polar surface area (TPSA) is 29.3 Å². The molecule has 0 spiro atoms. The van der Waals surface area contributed by atoms with Crippen molar-refractivity contribution in [1.82, 2.24) is 4.90 Å². The molecule has 0 saturated heterocycles. The third-order valence-electron chi connectivity index (χ3n) is 4.22. The second kappa shape index (κ2) is 7.29. The Hall–Kier alpha value is -0.0800. The Morgan fingerprint density at radius 2 is 1.88 bits per heavy atom. The molecule has 0 aromatic rings. The first-order valence-corrected chi connectivity index (χ1v) is 7.17. The van der Waals surface area contributed by atoms with Crippen LogP contribution in [-0.2, 0) is 0 Å². The van der Waals surface area contributed by atoms with Gasteiger partial charge in [-0.25, -0.2) is 0 Å². The van der Waals surface area contributed by atoms with Gasteiger partial charge in [-0.2, -0.15) is 0 Å². The maximum absolute atomic E-state index is 5.98. The molecule has 1 rings (SSSR count). The molecule has 2 unspecified atom stereocenters. The Bertz CT molecular complexity index is 178. The molecule has 2 heteroatoms. The van der Waals surface area contributed by atoms with Crippen molar-refractivity contribution in [2.24, 2.45) is 17.6 Å². The lowest BCUT2D eigenvalue weighted by Crippen LogP contribution is -2.33. The van der Waals surface area contributed by atoms with E-state index in [1.54, 1.807) is 0 Å². The average Bonchev–Trinajstić information content (AvgIpc) is 2.70. The summed E-state index contributed by atoms with van der Waals surface area (Å²) in [4.78, 5) is 2.64. The minimum absolute atomic E-state index is 0.483. The molecule has 0 amide bonds. The summed E-state index contributed by atoms with van der Waals surface area (Å²) in [5.41, 5.74) is 5.98. The van der Waals surface area contributed by atoms with Gasteiger partial charge in [0.05, 0.1) is 0 Å². The Morgan fingerprint density at radius 3 is 2.31 bits per heavy atom. The lowest BCUT2D eigenvalue weighted by Gasteiger charge is -2.27. The number of hydrogen-bond acceptors (Lipinski definition) is 2. The summed E-state index contributed by atoms with van der Waals surface area (Å²) in [5.74, 6) is 1.75. The van der Waals surface area contributed by atoms with Crippen molar-refractivity contribution in [3.8, 4) is 0 Å². The van der Waals surface area contributed by atoms with E-state index in [4.69, 9.17) is 5.73 Å². The van der Waals surface area contributed by atoms with E-state index in [0.29, 0.717) is 6.04 Å². The summed E-state index contributed by atoms with van der Waals surface area (Å²) in [6.07, 6.45) is 6.47. The SMILES string of the molecule is CCC(CC)CN(CC)CC1CCC(N)C1. The predicted octanol–water partition coefficient (Wildman–Crippen LogP) is 2.87. The molecule has 0 heterocycles. The zero-order valence-corrected chi connectivity index (χ0v) is 11.4. The molecule has 2 N–H and O–H groups in total. The van der Waals surface area contributed by atoms with Crippen molar-refractivity contribution in [3.63, 3.8) is 0 Å². The number of nitrogens with two attached hydrogens (primary N) is 1. The minimum atomic E-state index is 0.483. The van der Waals surface area contributed by atoms with Gasteiger partial charge in [-0.05, 0) is 37.6 Å². The lowest BCUT2D eigenvalue weighted by atomic mass is 10.0. The fraction of sp³-hybridized carbons (Fsp3) is 1.00. The molecule has 0 aromatic carbocycles. The van der Waals surface area contributed by atoms with Crippen molar-refractivity contribution in [1.29, 1.82) is 0 Å². The van der Waals surface area contributed by atoms with Gasteiger partial charge in [0.25, 0.3) is 0 Å². The summed E-state index contributed by atoms with van der Waals surface area (Å²) in [6, 6.07) is 0.483. The highest BCUT2D eigenvalue weighted by Crippen LogP contribution is 2.25. The van der Waals surface area contributed by atoms with E-state index in [1.165, 1.54) is 51.7 Å². The summed E-state index contributed by atoms with van der Waals surface area (Å²) in [6.45, 7) is 10.7. The van der Waals surface area contributed by atoms with E-state index in [1.807, 2.05) is 0 Å². The molecule has 1 fully saturated rings. The van der Waals surface area contributed by atoms with Gasteiger partial charge in [-0.15, -0.1) is 0 Å². The largest absolute Gasteiger partial charge is 0.328 e. The van der Waals surface area contributed by atoms with Crippen LogP contribution in [0.25, 0.3) is 0 Å². The molecule has 0 aromatic heterocycles. The van der Waals surface area contributed by atoms with Crippen LogP contribution in [0.4, 0.5) is 0 Å². The van der Waals surface area contributed by atoms with Gasteiger partial charge >= 0.3 is 0 Å². The van der Waals surface area contributed by atoms with E-state index >= 15 is 0 Å². The molecular formula is C14H30N2. The lowest BCUT2D eigenvalue weighted by molar-refractivity contribution is 0.201. The normalized spacial score (nSPS) is 25.9. The van der Waals surface area contributed by atoms with Gasteiger partial charge in [0.1, 0.15) is 0 Å². The standard InChI is InChI=1S/C14H30N2/c1-4-12(5-2)10-16(6-3)11-13-7-8-14(15)9-13/h12-14H,4-11,15H2,1-3H3. The number of hydrogen-bond donors (Lipinski definition) is 1. The Labute approximate surface area is 102 Å². The van der Waals surface area contributed by atoms with Crippen LogP contribution >= 0.6 is 0 Å². The monoisotopic (exact) mass is 226 g/mol. The fourth-order valence-corrected chi connectivity index (χ4v) is 2.89. The van der Waals surface area contributed by atoms with Crippen LogP contribution < -0.4 is 5.73 Å². The van der Waals surface area contributed by atoms with Gasteiger partial charge in [0, 0.05) is 19.1 Å². The summed E-state index contributed by atoms with van der Waals surface area (Å²) in [5, 5.41) is 0. The third kappa shape index (κ3) is 4.42. The maximum Gasteiger partial charge on any atom is 0.00420 e. The average molecular weight is 226 g/mol. The summed E-state index contributed by atoms with van der Waals surface area (Å²) in [7, 11) is 0. The van der Waals surface area contributed by atoms with Crippen molar-refractivity contribution in [2.75, 3.05) is 19.6 Å². The highest BCUT2D eigenvalue weighted by atomic mass is 15.1. The van der Waals surface area contributed by atoms with Crippen molar-refractivity contribution >= 4 is 0 Å². The van der Waals surface area contributed by atoms with Crippen molar-refractivity contribution < 1.29 is 0 Å². The Balaban J connectivity index is 2.30. The summed E-state index contributed by atoms with van der Waals surface area (Å²) >= 11 is 0. The van der Waals surface area contributed by atoms with Gasteiger partial charge in [-0.1, -0.05) is 33.6 Å². The van der Waals surface area contributed by atoms with E-state index in [2.05, 4.69) is 25.7 Å². The molecule has 96 valence electrons. The summed E-state index contributed by atoms with van der Waals surface area (Å²) < 4.78 is 0. The van der Waals surface area contributed by atoms with E-state index < -0.39 is 0 Å². The van der Waals surface area contributed by atoms with Crippen molar-refractivity contribution in [3.05, 3.63) is 0 Å². The molecule has 1 saturated carbocycles. The smallest absolute Gasteiger partial charge is 0.00420 e. The van der Waals surface area contributed by atoms with E-state index in [-0.39, 0.29) is 0 Å². The zero-order valence-electron chi connectivity index (χ0n) is 11.4. The quantitative estimate of drug-likeness (QED) is 0.723. The first kappa shape index (κ1) is 14.0. The molecule has 16 heavy (non-hydrogen) atoms. The highest BCUT2D eigenvalue weighted by Gasteiger charge is 2.23. The molecular weight excluding hydrogens is 196 g/mol. The van der Waals surface area contributed by atoms with Crippen molar-refractivity contribution in [2.45, 2.75) is 58.9 Å². The second-order valence-electron chi connectivity index (χ2n) is 5.47. The van der Waals surface area contributed by atoms with Crippen LogP contribution in [0.2, 0.25) is 0 Å². The maximum atomic E-state index is 5.98. The molecule has 1 aliphatic rings. The van der Waals surface area contributed by atoms with Gasteiger partial charge in [0.2, 0.25) is 0 Å². The predicted molar refractivity (Wildman–Crippen MR) is 71.5 cm³/mol. The third-order valence-corrected chi connectivity index (χ3v) is 4.22. The molecule has 2 atom stereocenters. The van der Waals surface area contributed by atoms with E-state index in [0.717, 1.165) is 11.8 Å². The fourth-order valence-electron chi connectivity index (χ4n) is 2.89. The minimum Gasteiger partial charge on any atom is -0.328 e.